The molecule has 0 saturated carbocycles. The van der Waals surface area contributed by atoms with Gasteiger partial charge in [0.2, 0.25) is 10.0 Å². The molecule has 0 spiro atoms. The van der Waals surface area contributed by atoms with Crippen molar-refractivity contribution in [1.29, 1.82) is 0 Å². The van der Waals surface area contributed by atoms with E-state index in [9.17, 15) is 12.8 Å². The Morgan fingerprint density at radius 3 is 2.42 bits per heavy atom. The number of benzene rings is 2. The Balaban J connectivity index is 1.41. The van der Waals surface area contributed by atoms with E-state index in [-0.39, 0.29) is 10.7 Å². The zero-order chi connectivity index (χ0) is 21.4. The van der Waals surface area contributed by atoms with E-state index >= 15 is 0 Å². The molecule has 31 heavy (non-hydrogen) atoms. The maximum Gasteiger partial charge on any atom is 0.243 e. The van der Waals surface area contributed by atoms with Gasteiger partial charge < -0.3 is 4.90 Å². The van der Waals surface area contributed by atoms with Gasteiger partial charge in [-0.15, -0.1) is 5.10 Å². The third-order valence-corrected chi connectivity index (χ3v) is 7.10. The number of hydrogen-bond donors (Lipinski definition) is 0. The molecule has 1 fully saturated rings. The van der Waals surface area contributed by atoms with E-state index in [1.165, 1.54) is 27.4 Å². The van der Waals surface area contributed by atoms with Crippen LogP contribution >= 0.6 is 0 Å². The van der Waals surface area contributed by atoms with Crippen molar-refractivity contribution in [2.45, 2.75) is 4.90 Å². The van der Waals surface area contributed by atoms with Gasteiger partial charge in [0.15, 0.2) is 17.0 Å². The van der Waals surface area contributed by atoms with E-state index in [0.29, 0.717) is 48.8 Å². The molecule has 5 rings (SSSR count). The Kier molecular flexibility index (Phi) is 4.83. The molecule has 158 valence electrons. The standard InChI is InChI=1S/C20H18FN7O2S/c21-15-5-4-6-16(13-15)28-20-18(24-25-28)19(22-14-23-20)26-9-11-27(12-10-26)31(29,30)17-7-2-1-3-8-17/h1-8,13-14H,9-12H2. The topological polar surface area (TPSA) is 97.1 Å². The molecule has 3 heterocycles. The fraction of sp³-hybridized carbons (Fsp3) is 0.200. The zero-order valence-corrected chi connectivity index (χ0v) is 17.2. The van der Waals surface area contributed by atoms with E-state index in [1.54, 1.807) is 42.5 Å². The Hall–Kier alpha value is -3.44. The molecular weight excluding hydrogens is 421 g/mol. The fourth-order valence-corrected chi connectivity index (χ4v) is 5.08. The van der Waals surface area contributed by atoms with Crippen molar-refractivity contribution in [3.05, 3.63) is 66.7 Å². The van der Waals surface area contributed by atoms with Crippen LogP contribution < -0.4 is 4.90 Å². The molecule has 11 heteroatoms. The lowest BCUT2D eigenvalue weighted by atomic mass is 10.3. The summed E-state index contributed by atoms with van der Waals surface area (Å²) in [6.45, 7) is 1.54. The molecule has 0 N–H and O–H groups in total. The van der Waals surface area contributed by atoms with E-state index in [1.807, 2.05) is 4.90 Å². The molecule has 2 aromatic heterocycles. The summed E-state index contributed by atoms with van der Waals surface area (Å²) in [4.78, 5) is 10.9. The van der Waals surface area contributed by atoms with E-state index < -0.39 is 10.0 Å². The number of sulfonamides is 1. The monoisotopic (exact) mass is 439 g/mol. The first-order valence-electron chi connectivity index (χ1n) is 9.66. The number of aromatic nitrogens is 5. The molecule has 0 atom stereocenters. The molecule has 0 radical (unpaired) electrons. The summed E-state index contributed by atoms with van der Waals surface area (Å²) < 4.78 is 42.3. The second-order valence-corrected chi connectivity index (χ2v) is 8.99. The lowest BCUT2D eigenvalue weighted by molar-refractivity contribution is 0.384. The minimum absolute atomic E-state index is 0.283. The highest BCUT2D eigenvalue weighted by molar-refractivity contribution is 7.89. The Morgan fingerprint density at radius 1 is 0.903 bits per heavy atom. The van der Waals surface area contributed by atoms with Crippen LogP contribution in [-0.4, -0.2) is 63.9 Å². The SMILES string of the molecule is O=S(=O)(c1ccccc1)N1CCN(c2ncnc3c2nnn3-c2cccc(F)c2)CC1. The summed E-state index contributed by atoms with van der Waals surface area (Å²) in [6.07, 6.45) is 1.41. The average molecular weight is 439 g/mol. The number of piperazine rings is 1. The van der Waals surface area contributed by atoms with Crippen LogP contribution in [0.4, 0.5) is 10.2 Å². The molecule has 0 amide bonds. The van der Waals surface area contributed by atoms with Gasteiger partial charge in [0.1, 0.15) is 12.1 Å². The van der Waals surface area contributed by atoms with E-state index in [4.69, 9.17) is 0 Å². The lowest BCUT2D eigenvalue weighted by Crippen LogP contribution is -2.49. The second-order valence-electron chi connectivity index (χ2n) is 7.05. The van der Waals surface area contributed by atoms with Crippen LogP contribution in [0.2, 0.25) is 0 Å². The van der Waals surface area contributed by atoms with Crippen LogP contribution in [0.1, 0.15) is 0 Å². The van der Waals surface area contributed by atoms with Crippen LogP contribution in [0.15, 0.2) is 65.8 Å². The number of hydrogen-bond acceptors (Lipinski definition) is 7. The molecule has 9 nitrogen and oxygen atoms in total. The summed E-state index contributed by atoms with van der Waals surface area (Å²) in [5.74, 6) is 0.190. The number of anilines is 1. The summed E-state index contributed by atoms with van der Waals surface area (Å²) in [5, 5.41) is 8.33. The van der Waals surface area contributed by atoms with Crippen LogP contribution in [0.3, 0.4) is 0 Å². The molecule has 1 saturated heterocycles. The smallest absolute Gasteiger partial charge is 0.243 e. The highest BCUT2D eigenvalue weighted by Gasteiger charge is 2.30. The predicted molar refractivity (Wildman–Crippen MR) is 112 cm³/mol. The predicted octanol–water partition coefficient (Wildman–Crippen LogP) is 1.86. The third-order valence-electron chi connectivity index (χ3n) is 5.19. The first kappa shape index (κ1) is 19.5. The van der Waals surface area contributed by atoms with Gasteiger partial charge >= 0.3 is 0 Å². The first-order chi connectivity index (χ1) is 15.0. The van der Waals surface area contributed by atoms with Gasteiger partial charge in [-0.1, -0.05) is 29.5 Å². The molecule has 1 aliphatic rings. The summed E-state index contributed by atoms with van der Waals surface area (Å²) in [6, 6.07) is 14.4. The Bertz CT molecular complexity index is 1340. The third kappa shape index (κ3) is 3.51. The Morgan fingerprint density at radius 2 is 1.68 bits per heavy atom. The van der Waals surface area contributed by atoms with Gasteiger partial charge in [0.05, 0.1) is 10.6 Å². The van der Waals surface area contributed by atoms with Gasteiger partial charge in [-0.3, -0.25) is 0 Å². The average Bonchev–Trinajstić information content (AvgIpc) is 3.24. The molecule has 2 aromatic carbocycles. The number of fused-ring (bicyclic) bond motifs is 1. The molecule has 0 unspecified atom stereocenters. The van der Waals surface area contributed by atoms with Crippen LogP contribution in [0.25, 0.3) is 16.9 Å². The highest BCUT2D eigenvalue weighted by atomic mass is 32.2. The summed E-state index contributed by atoms with van der Waals surface area (Å²) >= 11 is 0. The number of rotatable bonds is 4. The zero-order valence-electron chi connectivity index (χ0n) is 16.3. The number of nitrogens with zero attached hydrogens (tertiary/aromatic N) is 7. The molecule has 0 aliphatic carbocycles. The fourth-order valence-electron chi connectivity index (χ4n) is 3.63. The van der Waals surface area contributed by atoms with Crippen molar-refractivity contribution in [2.24, 2.45) is 0 Å². The van der Waals surface area contributed by atoms with Crippen molar-refractivity contribution >= 4 is 27.0 Å². The first-order valence-corrected chi connectivity index (χ1v) is 11.1. The van der Waals surface area contributed by atoms with Crippen LogP contribution in [0.5, 0.6) is 0 Å². The van der Waals surface area contributed by atoms with Gasteiger partial charge in [0, 0.05) is 26.2 Å². The van der Waals surface area contributed by atoms with Crippen molar-refractivity contribution < 1.29 is 12.8 Å². The largest absolute Gasteiger partial charge is 0.352 e. The van der Waals surface area contributed by atoms with Crippen molar-refractivity contribution in [2.75, 3.05) is 31.1 Å². The Labute approximate surface area is 177 Å². The maximum atomic E-state index is 13.6. The van der Waals surface area contributed by atoms with Crippen LogP contribution in [-0.2, 0) is 10.0 Å². The van der Waals surface area contributed by atoms with Gasteiger partial charge in [0.25, 0.3) is 0 Å². The molecule has 0 bridgehead atoms. The van der Waals surface area contributed by atoms with Crippen molar-refractivity contribution in [3.63, 3.8) is 0 Å². The van der Waals surface area contributed by atoms with E-state index in [0.717, 1.165) is 0 Å². The lowest BCUT2D eigenvalue weighted by Gasteiger charge is -2.34. The van der Waals surface area contributed by atoms with Crippen molar-refractivity contribution in [3.8, 4) is 5.69 Å². The summed E-state index contributed by atoms with van der Waals surface area (Å²) in [5.41, 5.74) is 1.44. The number of halogens is 1. The minimum Gasteiger partial charge on any atom is -0.352 e. The molecular formula is C20H18FN7O2S. The normalized spacial score (nSPS) is 15.5. The van der Waals surface area contributed by atoms with Crippen LogP contribution in [0, 0.1) is 5.82 Å². The van der Waals surface area contributed by atoms with Gasteiger partial charge in [-0.25, -0.2) is 22.8 Å². The second kappa shape index (κ2) is 7.67. The maximum absolute atomic E-state index is 13.6. The summed E-state index contributed by atoms with van der Waals surface area (Å²) in [7, 11) is -3.54. The van der Waals surface area contributed by atoms with E-state index in [2.05, 4.69) is 20.3 Å². The van der Waals surface area contributed by atoms with Gasteiger partial charge in [-0.2, -0.15) is 8.99 Å². The van der Waals surface area contributed by atoms with Crippen molar-refractivity contribution in [1.82, 2.24) is 29.3 Å². The quantitative estimate of drug-likeness (QED) is 0.479. The minimum atomic E-state index is -3.54. The van der Waals surface area contributed by atoms with Gasteiger partial charge in [-0.05, 0) is 30.3 Å². The molecule has 1 aliphatic heterocycles. The highest BCUT2D eigenvalue weighted by Crippen LogP contribution is 2.25. The molecule has 4 aromatic rings.